The largest absolute Gasteiger partial charge is 0.506 e. The number of methoxy groups -OCH3 is 1. The first-order valence-corrected chi connectivity index (χ1v) is 6.41. The van der Waals surface area contributed by atoms with Crippen LogP contribution in [0.15, 0.2) is 64.8 Å². The molecule has 21 heavy (non-hydrogen) atoms. The Morgan fingerprint density at radius 2 is 1.86 bits per heavy atom. The van der Waals surface area contributed by atoms with Gasteiger partial charge in [0.2, 0.25) is 0 Å². The average molecular weight is 279 g/mol. The number of azo groups is 1. The van der Waals surface area contributed by atoms with Crippen LogP contribution in [0.1, 0.15) is 0 Å². The molecule has 5 nitrogen and oxygen atoms in total. The van der Waals surface area contributed by atoms with E-state index in [4.69, 9.17) is 4.74 Å². The zero-order chi connectivity index (χ0) is 14.7. The van der Waals surface area contributed by atoms with Crippen LogP contribution in [0.4, 0.5) is 11.5 Å². The molecule has 0 bridgehead atoms. The van der Waals surface area contributed by atoms with Crippen molar-refractivity contribution in [3.8, 4) is 11.5 Å². The summed E-state index contributed by atoms with van der Waals surface area (Å²) in [6.45, 7) is 0. The predicted molar refractivity (Wildman–Crippen MR) is 80.6 cm³/mol. The molecule has 0 fully saturated rings. The van der Waals surface area contributed by atoms with E-state index in [1.165, 1.54) is 6.07 Å². The predicted octanol–water partition coefficient (Wildman–Crippen LogP) is 4.36. The number of para-hydroxylation sites is 1. The summed E-state index contributed by atoms with van der Waals surface area (Å²) in [5.74, 6) is 1.13. The van der Waals surface area contributed by atoms with Crippen LogP contribution in [0, 0.1) is 0 Å². The second kappa shape index (κ2) is 5.58. The molecule has 0 spiro atoms. The van der Waals surface area contributed by atoms with Gasteiger partial charge < -0.3 is 9.84 Å². The summed E-state index contributed by atoms with van der Waals surface area (Å²) in [7, 11) is 1.55. The topological polar surface area (TPSA) is 67.1 Å². The van der Waals surface area contributed by atoms with Crippen LogP contribution in [-0.4, -0.2) is 17.2 Å². The third-order valence-corrected chi connectivity index (χ3v) is 3.03. The van der Waals surface area contributed by atoms with E-state index >= 15 is 0 Å². The fourth-order valence-electron chi connectivity index (χ4n) is 1.93. The summed E-state index contributed by atoms with van der Waals surface area (Å²) in [6, 6.07) is 16.3. The molecule has 0 aliphatic carbocycles. The minimum atomic E-state index is 0.0420. The van der Waals surface area contributed by atoms with E-state index in [1.54, 1.807) is 25.3 Å². The molecule has 0 saturated heterocycles. The van der Waals surface area contributed by atoms with Crippen molar-refractivity contribution < 1.29 is 9.84 Å². The van der Waals surface area contributed by atoms with Gasteiger partial charge in [-0.1, -0.05) is 18.2 Å². The monoisotopic (exact) mass is 279 g/mol. The van der Waals surface area contributed by atoms with E-state index in [-0.39, 0.29) is 5.75 Å². The van der Waals surface area contributed by atoms with Gasteiger partial charge in [-0.2, -0.15) is 0 Å². The zero-order valence-corrected chi connectivity index (χ0v) is 11.4. The van der Waals surface area contributed by atoms with E-state index in [2.05, 4.69) is 15.2 Å². The van der Waals surface area contributed by atoms with Gasteiger partial charge in [0.1, 0.15) is 17.2 Å². The second-order valence-corrected chi connectivity index (χ2v) is 4.42. The number of ether oxygens (including phenoxy) is 1. The van der Waals surface area contributed by atoms with Crippen LogP contribution in [-0.2, 0) is 0 Å². The van der Waals surface area contributed by atoms with Crippen molar-refractivity contribution in [2.45, 2.75) is 0 Å². The van der Waals surface area contributed by atoms with Crippen molar-refractivity contribution >= 4 is 22.4 Å². The number of hydrogen-bond acceptors (Lipinski definition) is 5. The van der Waals surface area contributed by atoms with Gasteiger partial charge in [-0.3, -0.25) is 0 Å². The van der Waals surface area contributed by atoms with E-state index in [0.29, 0.717) is 17.3 Å². The van der Waals surface area contributed by atoms with E-state index in [0.717, 1.165) is 10.9 Å². The van der Waals surface area contributed by atoms with E-state index in [1.807, 2.05) is 30.3 Å². The lowest BCUT2D eigenvalue weighted by Crippen LogP contribution is -1.81. The molecule has 104 valence electrons. The van der Waals surface area contributed by atoms with Crippen molar-refractivity contribution in [2.24, 2.45) is 10.2 Å². The molecular formula is C16H13N3O2. The molecule has 3 aromatic rings. The molecule has 0 radical (unpaired) electrons. The van der Waals surface area contributed by atoms with Gasteiger partial charge in [0.15, 0.2) is 5.82 Å². The summed E-state index contributed by atoms with van der Waals surface area (Å²) in [5, 5.41) is 18.9. The van der Waals surface area contributed by atoms with Gasteiger partial charge in [0, 0.05) is 11.5 Å². The third-order valence-electron chi connectivity index (χ3n) is 3.03. The second-order valence-electron chi connectivity index (χ2n) is 4.42. The standard InChI is InChI=1S/C16H13N3O2/c1-21-12-7-8-15(20)14(10-12)18-19-16-9-6-11-4-2-3-5-13(11)17-16/h2-10,20H,1H3. The molecule has 1 N–H and O–H groups in total. The number of aromatic nitrogens is 1. The maximum atomic E-state index is 9.75. The average Bonchev–Trinajstić information content (AvgIpc) is 2.54. The molecule has 0 unspecified atom stereocenters. The van der Waals surface area contributed by atoms with Gasteiger partial charge in [-0.05, 0) is 30.3 Å². The maximum absolute atomic E-state index is 9.75. The highest BCUT2D eigenvalue weighted by atomic mass is 16.5. The molecule has 3 rings (SSSR count). The highest BCUT2D eigenvalue weighted by Crippen LogP contribution is 2.31. The molecule has 1 aromatic heterocycles. The molecule has 0 aliphatic heterocycles. The Bertz CT molecular complexity index is 815. The summed E-state index contributed by atoms with van der Waals surface area (Å²) >= 11 is 0. The Labute approximate surface area is 121 Å². The number of hydrogen-bond donors (Lipinski definition) is 1. The molecule has 1 heterocycles. The van der Waals surface area contributed by atoms with Gasteiger partial charge in [-0.25, -0.2) is 4.98 Å². The van der Waals surface area contributed by atoms with Crippen LogP contribution in [0.2, 0.25) is 0 Å². The van der Waals surface area contributed by atoms with Crippen LogP contribution in [0.3, 0.4) is 0 Å². The van der Waals surface area contributed by atoms with Crippen LogP contribution >= 0.6 is 0 Å². The van der Waals surface area contributed by atoms with Gasteiger partial charge in [-0.15, -0.1) is 10.2 Å². The molecule has 0 aliphatic rings. The highest BCUT2D eigenvalue weighted by Gasteiger charge is 2.02. The van der Waals surface area contributed by atoms with Gasteiger partial charge >= 0.3 is 0 Å². The summed E-state index contributed by atoms with van der Waals surface area (Å²) in [5.41, 5.74) is 1.19. The fourth-order valence-corrected chi connectivity index (χ4v) is 1.93. The first-order chi connectivity index (χ1) is 10.3. The Kier molecular flexibility index (Phi) is 3.47. The summed E-state index contributed by atoms with van der Waals surface area (Å²) in [6.07, 6.45) is 0. The molecule has 2 aromatic carbocycles. The number of fused-ring (bicyclic) bond motifs is 1. The first kappa shape index (κ1) is 13.1. The van der Waals surface area contributed by atoms with Crippen molar-refractivity contribution in [1.82, 2.24) is 4.98 Å². The summed E-state index contributed by atoms with van der Waals surface area (Å²) < 4.78 is 5.09. The Morgan fingerprint density at radius 3 is 2.71 bits per heavy atom. The van der Waals surface area contributed by atoms with Crippen molar-refractivity contribution in [3.63, 3.8) is 0 Å². The van der Waals surface area contributed by atoms with Gasteiger partial charge in [0.25, 0.3) is 0 Å². The van der Waals surface area contributed by atoms with Crippen LogP contribution < -0.4 is 4.74 Å². The number of benzene rings is 2. The highest BCUT2D eigenvalue weighted by molar-refractivity contribution is 5.79. The number of pyridine rings is 1. The molecule has 5 heteroatoms. The lowest BCUT2D eigenvalue weighted by atomic mass is 10.2. The molecular weight excluding hydrogens is 266 g/mol. The van der Waals surface area contributed by atoms with Crippen LogP contribution in [0.5, 0.6) is 11.5 Å². The van der Waals surface area contributed by atoms with E-state index < -0.39 is 0 Å². The van der Waals surface area contributed by atoms with Gasteiger partial charge in [0.05, 0.1) is 12.6 Å². The zero-order valence-electron chi connectivity index (χ0n) is 11.4. The van der Waals surface area contributed by atoms with Crippen molar-refractivity contribution in [3.05, 3.63) is 54.6 Å². The Morgan fingerprint density at radius 1 is 1.00 bits per heavy atom. The minimum Gasteiger partial charge on any atom is -0.506 e. The number of nitrogens with zero attached hydrogens (tertiary/aromatic N) is 3. The quantitative estimate of drug-likeness (QED) is 0.724. The number of phenolic OH excluding ortho intramolecular Hbond substituents is 1. The molecule has 0 atom stereocenters. The van der Waals surface area contributed by atoms with E-state index in [9.17, 15) is 5.11 Å². The van der Waals surface area contributed by atoms with Crippen molar-refractivity contribution in [1.29, 1.82) is 0 Å². The third kappa shape index (κ3) is 2.81. The molecule has 0 amide bonds. The summed E-state index contributed by atoms with van der Waals surface area (Å²) in [4.78, 5) is 4.39. The minimum absolute atomic E-state index is 0.0420. The van der Waals surface area contributed by atoms with Crippen molar-refractivity contribution in [2.75, 3.05) is 7.11 Å². The SMILES string of the molecule is COc1ccc(O)c(N=Nc2ccc3ccccc3n2)c1. The Balaban J connectivity index is 1.94. The lowest BCUT2D eigenvalue weighted by molar-refractivity contribution is 0.412. The lowest BCUT2D eigenvalue weighted by Gasteiger charge is -2.02. The first-order valence-electron chi connectivity index (χ1n) is 6.41. The number of aromatic hydroxyl groups is 1. The Hall–Kier alpha value is -2.95. The number of rotatable bonds is 3. The fraction of sp³-hybridized carbons (Fsp3) is 0.0625. The normalized spacial score (nSPS) is 11.1. The maximum Gasteiger partial charge on any atom is 0.174 e. The molecule has 0 saturated carbocycles. The van der Waals surface area contributed by atoms with Crippen LogP contribution in [0.25, 0.3) is 10.9 Å². The smallest absolute Gasteiger partial charge is 0.174 e. The number of phenols is 1.